The third-order valence-corrected chi connectivity index (χ3v) is 6.19. The molecule has 28 heavy (non-hydrogen) atoms. The van der Waals surface area contributed by atoms with E-state index in [0.717, 1.165) is 6.42 Å². The van der Waals surface area contributed by atoms with Gasteiger partial charge in [-0.15, -0.1) is 0 Å². The molecule has 2 aromatic carbocycles. The third-order valence-electron chi connectivity index (χ3n) is 5.94. The van der Waals surface area contributed by atoms with Gasteiger partial charge in [-0.3, -0.25) is 14.4 Å². The predicted octanol–water partition coefficient (Wildman–Crippen LogP) is 3.90. The van der Waals surface area contributed by atoms with Gasteiger partial charge in [0.1, 0.15) is 0 Å². The fourth-order valence-corrected chi connectivity index (χ4v) is 4.81. The zero-order chi connectivity index (χ0) is 19.4. The number of halogens is 1. The van der Waals surface area contributed by atoms with E-state index in [1.165, 1.54) is 4.90 Å². The van der Waals surface area contributed by atoms with Gasteiger partial charge in [0.15, 0.2) is 0 Å². The second-order valence-electron chi connectivity index (χ2n) is 7.52. The minimum absolute atomic E-state index is 0.151. The van der Waals surface area contributed by atoms with Gasteiger partial charge in [0.2, 0.25) is 11.8 Å². The van der Waals surface area contributed by atoms with Gasteiger partial charge in [-0.25, -0.2) is 4.90 Å². The summed E-state index contributed by atoms with van der Waals surface area (Å²) in [5.74, 6) is -0.807. The number of nitrogens with zero attached hydrogens (tertiary/aromatic N) is 1. The molecule has 5 nitrogen and oxygen atoms in total. The van der Waals surface area contributed by atoms with E-state index >= 15 is 0 Å². The van der Waals surface area contributed by atoms with E-state index in [0.29, 0.717) is 22.0 Å². The van der Waals surface area contributed by atoms with Gasteiger partial charge >= 0.3 is 0 Å². The maximum atomic E-state index is 12.9. The Morgan fingerprint density at radius 1 is 0.964 bits per heavy atom. The Labute approximate surface area is 167 Å². The van der Waals surface area contributed by atoms with Crippen molar-refractivity contribution < 1.29 is 14.4 Å². The van der Waals surface area contributed by atoms with Crippen LogP contribution in [0.5, 0.6) is 0 Å². The maximum Gasteiger partial charge on any atom is 0.255 e. The lowest BCUT2D eigenvalue weighted by Crippen LogP contribution is -2.33. The molecule has 1 saturated carbocycles. The number of hydrogen-bond acceptors (Lipinski definition) is 3. The van der Waals surface area contributed by atoms with Gasteiger partial charge in [-0.05, 0) is 60.7 Å². The van der Waals surface area contributed by atoms with Crippen LogP contribution in [0.4, 0.5) is 11.4 Å². The van der Waals surface area contributed by atoms with Crippen LogP contribution in [0.2, 0.25) is 5.02 Å². The molecule has 1 aliphatic heterocycles. The first-order chi connectivity index (χ1) is 13.5. The fraction of sp³-hybridized carbons (Fsp3) is 0.227. The predicted molar refractivity (Wildman–Crippen MR) is 106 cm³/mol. The van der Waals surface area contributed by atoms with Crippen LogP contribution in [0.25, 0.3) is 0 Å². The largest absolute Gasteiger partial charge is 0.322 e. The quantitative estimate of drug-likeness (QED) is 0.636. The minimum Gasteiger partial charge on any atom is -0.322 e. The number of carbonyl (C=O) groups excluding carboxylic acids is 3. The number of fused-ring (bicyclic) bond motifs is 5. The van der Waals surface area contributed by atoms with E-state index in [9.17, 15) is 14.4 Å². The van der Waals surface area contributed by atoms with Crippen LogP contribution >= 0.6 is 11.6 Å². The van der Waals surface area contributed by atoms with Crippen LogP contribution < -0.4 is 10.2 Å². The van der Waals surface area contributed by atoms with Crippen LogP contribution in [-0.4, -0.2) is 17.7 Å². The van der Waals surface area contributed by atoms with E-state index < -0.39 is 0 Å². The molecule has 2 bridgehead atoms. The summed E-state index contributed by atoms with van der Waals surface area (Å²) in [6.07, 6.45) is 5.02. The van der Waals surface area contributed by atoms with Gasteiger partial charge in [-0.2, -0.15) is 0 Å². The summed E-state index contributed by atoms with van der Waals surface area (Å²) in [5.41, 5.74) is 1.45. The van der Waals surface area contributed by atoms with E-state index in [1.54, 1.807) is 48.5 Å². The molecular weight excluding hydrogens is 376 g/mol. The molecular formula is C22H17ClN2O3. The number of benzene rings is 2. The molecule has 1 saturated heterocycles. The lowest BCUT2D eigenvalue weighted by atomic mass is 9.85. The molecule has 2 aliphatic carbocycles. The van der Waals surface area contributed by atoms with Crippen LogP contribution in [0.15, 0.2) is 60.7 Å². The normalized spacial score (nSPS) is 27.4. The Kier molecular flexibility index (Phi) is 3.88. The third kappa shape index (κ3) is 2.58. The summed E-state index contributed by atoms with van der Waals surface area (Å²) in [6.45, 7) is 0. The van der Waals surface area contributed by atoms with E-state index in [1.807, 2.05) is 0 Å². The Bertz CT molecular complexity index is 1000. The molecule has 5 rings (SSSR count). The van der Waals surface area contributed by atoms with Gasteiger partial charge in [0.25, 0.3) is 5.91 Å². The molecule has 1 heterocycles. The number of nitrogens with one attached hydrogen (secondary N) is 1. The molecule has 4 atom stereocenters. The molecule has 0 aromatic heterocycles. The SMILES string of the molecule is O=C(Nc1ccc(Cl)cc1)c1cccc(N2C(=O)[C@@H]3[C@H](C2=O)[C@@H]2C=C[C@H]3C2)c1. The van der Waals surface area contributed by atoms with Crippen molar-refractivity contribution in [2.24, 2.45) is 23.7 Å². The number of carbonyl (C=O) groups is 3. The van der Waals surface area contributed by atoms with Crippen molar-refractivity contribution in [3.05, 3.63) is 71.3 Å². The van der Waals surface area contributed by atoms with Crippen molar-refractivity contribution in [2.45, 2.75) is 6.42 Å². The van der Waals surface area contributed by atoms with Crippen molar-refractivity contribution in [1.82, 2.24) is 0 Å². The van der Waals surface area contributed by atoms with Crippen molar-refractivity contribution in [3.8, 4) is 0 Å². The number of amides is 3. The lowest BCUT2D eigenvalue weighted by Gasteiger charge is -2.18. The monoisotopic (exact) mass is 392 g/mol. The topological polar surface area (TPSA) is 66.5 Å². The van der Waals surface area contributed by atoms with Crippen LogP contribution in [-0.2, 0) is 9.59 Å². The summed E-state index contributed by atoms with van der Waals surface area (Å²) in [7, 11) is 0. The zero-order valence-electron chi connectivity index (χ0n) is 14.8. The highest BCUT2D eigenvalue weighted by molar-refractivity contribution is 6.30. The number of hydrogen-bond donors (Lipinski definition) is 1. The van der Waals surface area contributed by atoms with Crippen molar-refractivity contribution >= 4 is 40.7 Å². The molecule has 1 N–H and O–H groups in total. The van der Waals surface area contributed by atoms with E-state index in [4.69, 9.17) is 11.6 Å². The van der Waals surface area contributed by atoms with Gasteiger partial charge < -0.3 is 5.32 Å². The van der Waals surface area contributed by atoms with Crippen molar-refractivity contribution in [2.75, 3.05) is 10.2 Å². The summed E-state index contributed by atoms with van der Waals surface area (Å²) in [4.78, 5) is 39.8. The van der Waals surface area contributed by atoms with E-state index in [-0.39, 0.29) is 41.4 Å². The molecule has 0 unspecified atom stereocenters. The molecule has 2 fully saturated rings. The average Bonchev–Trinajstić information content (AvgIpc) is 3.37. The molecule has 6 heteroatoms. The molecule has 0 radical (unpaired) electrons. The highest BCUT2D eigenvalue weighted by Gasteiger charge is 2.59. The second kappa shape index (κ2) is 6.31. The first-order valence-corrected chi connectivity index (χ1v) is 9.64. The zero-order valence-corrected chi connectivity index (χ0v) is 15.6. The summed E-state index contributed by atoms with van der Waals surface area (Å²) in [6, 6.07) is 13.4. The molecule has 0 spiro atoms. The Balaban J connectivity index is 1.40. The van der Waals surface area contributed by atoms with Gasteiger partial charge in [0.05, 0.1) is 17.5 Å². The highest BCUT2D eigenvalue weighted by atomic mass is 35.5. The minimum atomic E-state index is -0.315. The Hall–Kier alpha value is -2.92. The molecule has 3 amide bonds. The Morgan fingerprint density at radius 2 is 1.61 bits per heavy atom. The fourth-order valence-electron chi connectivity index (χ4n) is 4.68. The summed E-state index contributed by atoms with van der Waals surface area (Å²) < 4.78 is 0. The molecule has 2 aromatic rings. The summed E-state index contributed by atoms with van der Waals surface area (Å²) in [5, 5.41) is 3.38. The van der Waals surface area contributed by atoms with Crippen molar-refractivity contribution in [3.63, 3.8) is 0 Å². The Morgan fingerprint density at radius 3 is 2.25 bits per heavy atom. The first-order valence-electron chi connectivity index (χ1n) is 9.26. The van der Waals surface area contributed by atoms with E-state index in [2.05, 4.69) is 17.5 Å². The summed E-state index contributed by atoms with van der Waals surface area (Å²) >= 11 is 5.86. The highest BCUT2D eigenvalue weighted by Crippen LogP contribution is 2.53. The number of rotatable bonds is 3. The van der Waals surface area contributed by atoms with Crippen molar-refractivity contribution in [1.29, 1.82) is 0 Å². The van der Waals surface area contributed by atoms with Crippen LogP contribution in [0, 0.1) is 23.7 Å². The smallest absolute Gasteiger partial charge is 0.255 e. The lowest BCUT2D eigenvalue weighted by molar-refractivity contribution is -0.123. The number of anilines is 2. The van der Waals surface area contributed by atoms with Gasteiger partial charge in [-0.1, -0.05) is 29.8 Å². The second-order valence-corrected chi connectivity index (χ2v) is 7.96. The average molecular weight is 393 g/mol. The molecule has 140 valence electrons. The standard InChI is InChI=1S/C22H17ClN2O3/c23-15-6-8-16(9-7-15)24-20(26)14-2-1-3-17(11-14)25-21(27)18-12-4-5-13(10-12)19(18)22(25)28/h1-9,11-13,18-19H,10H2,(H,24,26)/t12-,13+,18-,19+. The van der Waals surface area contributed by atoms with Crippen LogP contribution in [0.3, 0.4) is 0 Å². The van der Waals surface area contributed by atoms with Crippen LogP contribution in [0.1, 0.15) is 16.8 Å². The number of allylic oxidation sites excluding steroid dienone is 2. The maximum absolute atomic E-state index is 12.9. The molecule has 3 aliphatic rings. The van der Waals surface area contributed by atoms with Gasteiger partial charge in [0, 0.05) is 16.3 Å². The first kappa shape index (κ1) is 17.2. The number of imide groups is 1.